The Labute approximate surface area is 189 Å². The SMILES string of the molecule is COc1ccc(C=NNC(=O)CSc2nnc(SCc3ccccc3)s2)cc1Br. The minimum absolute atomic E-state index is 0.201. The number of benzene rings is 2. The molecule has 3 rings (SSSR count). The van der Waals surface area contributed by atoms with Gasteiger partial charge in [0.2, 0.25) is 0 Å². The van der Waals surface area contributed by atoms with Gasteiger partial charge in [-0.05, 0) is 45.3 Å². The summed E-state index contributed by atoms with van der Waals surface area (Å²) >= 11 is 7.89. The highest BCUT2D eigenvalue weighted by molar-refractivity contribution is 9.10. The number of carbonyl (C=O) groups is 1. The largest absolute Gasteiger partial charge is 0.496 e. The van der Waals surface area contributed by atoms with Gasteiger partial charge in [0.25, 0.3) is 5.91 Å². The summed E-state index contributed by atoms with van der Waals surface area (Å²) in [5.74, 6) is 1.60. The second-order valence-corrected chi connectivity index (χ2v) is 9.86. The van der Waals surface area contributed by atoms with E-state index in [0.717, 1.165) is 30.2 Å². The molecule has 0 bridgehead atoms. The highest BCUT2D eigenvalue weighted by atomic mass is 79.9. The molecular formula is C19H17BrN4O2S3. The molecule has 2 aromatic carbocycles. The monoisotopic (exact) mass is 508 g/mol. The lowest BCUT2D eigenvalue weighted by Crippen LogP contribution is -2.19. The maximum absolute atomic E-state index is 12.0. The predicted molar refractivity (Wildman–Crippen MR) is 123 cm³/mol. The van der Waals surface area contributed by atoms with Crippen molar-refractivity contribution in [3.63, 3.8) is 0 Å². The second kappa shape index (κ2) is 11.3. The molecule has 0 fully saturated rings. The van der Waals surface area contributed by atoms with Crippen molar-refractivity contribution in [1.29, 1.82) is 0 Å². The zero-order valence-electron chi connectivity index (χ0n) is 15.4. The van der Waals surface area contributed by atoms with E-state index in [1.54, 1.807) is 25.1 Å². The van der Waals surface area contributed by atoms with Gasteiger partial charge in [-0.3, -0.25) is 4.79 Å². The standard InChI is InChI=1S/C19H17BrN4O2S3/c1-26-16-8-7-14(9-15(16)20)10-21-22-17(25)12-28-19-24-23-18(29-19)27-11-13-5-3-2-4-6-13/h2-10H,11-12H2,1H3,(H,22,25). The van der Waals surface area contributed by atoms with Crippen LogP contribution in [0.15, 0.2) is 66.8 Å². The minimum atomic E-state index is -0.201. The number of hydrogen-bond donors (Lipinski definition) is 1. The van der Waals surface area contributed by atoms with Gasteiger partial charge in [-0.15, -0.1) is 10.2 Å². The third-order valence-electron chi connectivity index (χ3n) is 3.50. The first-order valence-electron chi connectivity index (χ1n) is 8.42. The number of amides is 1. The van der Waals surface area contributed by atoms with Gasteiger partial charge in [0, 0.05) is 5.75 Å². The molecule has 0 saturated carbocycles. The second-order valence-electron chi connectivity index (χ2n) is 5.58. The Bertz CT molecular complexity index is 983. The Balaban J connectivity index is 1.41. The maximum atomic E-state index is 12.0. The molecule has 0 aliphatic heterocycles. The Morgan fingerprint density at radius 1 is 1.21 bits per heavy atom. The number of hydrazone groups is 1. The molecule has 6 nitrogen and oxygen atoms in total. The molecule has 10 heteroatoms. The van der Waals surface area contributed by atoms with E-state index >= 15 is 0 Å². The van der Waals surface area contributed by atoms with Crippen molar-refractivity contribution in [2.45, 2.75) is 14.4 Å². The third-order valence-corrected chi connectivity index (χ3v) is 7.38. The van der Waals surface area contributed by atoms with Crippen molar-refractivity contribution < 1.29 is 9.53 Å². The number of nitrogens with zero attached hydrogens (tertiary/aromatic N) is 3. The number of nitrogens with one attached hydrogen (secondary N) is 1. The minimum Gasteiger partial charge on any atom is -0.496 e. The quantitative estimate of drug-likeness (QED) is 0.253. The Morgan fingerprint density at radius 3 is 2.69 bits per heavy atom. The lowest BCUT2D eigenvalue weighted by molar-refractivity contribution is -0.118. The van der Waals surface area contributed by atoms with Crippen molar-refractivity contribution >= 4 is 62.9 Å². The van der Waals surface area contributed by atoms with Crippen molar-refractivity contribution in [3.05, 3.63) is 64.1 Å². The number of rotatable bonds is 9. The summed E-state index contributed by atoms with van der Waals surface area (Å²) in [4.78, 5) is 12.0. The molecule has 1 aromatic heterocycles. The number of aromatic nitrogens is 2. The molecule has 0 aliphatic rings. The van der Waals surface area contributed by atoms with Gasteiger partial charge in [0.15, 0.2) is 8.68 Å². The van der Waals surface area contributed by atoms with Crippen LogP contribution in [-0.4, -0.2) is 35.2 Å². The number of carbonyl (C=O) groups excluding carboxylic acids is 1. The van der Waals surface area contributed by atoms with Crippen molar-refractivity contribution in [2.75, 3.05) is 12.9 Å². The Morgan fingerprint density at radius 2 is 1.97 bits per heavy atom. The van der Waals surface area contributed by atoms with Crippen LogP contribution in [0.3, 0.4) is 0 Å². The van der Waals surface area contributed by atoms with Gasteiger partial charge in [0.05, 0.1) is 23.5 Å². The first-order chi connectivity index (χ1) is 14.1. The first-order valence-corrected chi connectivity index (χ1v) is 12.0. The van der Waals surface area contributed by atoms with Crippen LogP contribution >= 0.6 is 50.8 Å². The van der Waals surface area contributed by atoms with Gasteiger partial charge in [-0.1, -0.05) is 65.2 Å². The van der Waals surface area contributed by atoms with Gasteiger partial charge < -0.3 is 4.74 Å². The predicted octanol–water partition coefficient (Wildman–Crippen LogP) is 4.84. The summed E-state index contributed by atoms with van der Waals surface area (Å²) in [7, 11) is 1.61. The van der Waals surface area contributed by atoms with Crippen LogP contribution in [0, 0.1) is 0 Å². The maximum Gasteiger partial charge on any atom is 0.250 e. The summed E-state index contributed by atoms with van der Waals surface area (Å²) in [6.45, 7) is 0. The van der Waals surface area contributed by atoms with Crippen LogP contribution in [0.25, 0.3) is 0 Å². The van der Waals surface area contributed by atoms with Crippen molar-refractivity contribution in [3.8, 4) is 5.75 Å². The Kier molecular flexibility index (Phi) is 8.53. The average molecular weight is 509 g/mol. The molecule has 3 aromatic rings. The molecule has 29 heavy (non-hydrogen) atoms. The Hall–Kier alpha value is -1.88. The van der Waals surface area contributed by atoms with Crippen LogP contribution in [0.2, 0.25) is 0 Å². The molecule has 0 spiro atoms. The summed E-state index contributed by atoms with van der Waals surface area (Å²) in [6, 6.07) is 15.7. The number of thioether (sulfide) groups is 2. The molecule has 1 amide bonds. The lowest BCUT2D eigenvalue weighted by Gasteiger charge is -2.03. The van der Waals surface area contributed by atoms with Gasteiger partial charge in [-0.25, -0.2) is 5.43 Å². The normalized spacial score (nSPS) is 11.0. The van der Waals surface area contributed by atoms with E-state index in [0.29, 0.717) is 0 Å². The van der Waals surface area contributed by atoms with Crippen LogP contribution in [0.4, 0.5) is 0 Å². The molecule has 0 radical (unpaired) electrons. The third kappa shape index (κ3) is 7.14. The fourth-order valence-electron chi connectivity index (χ4n) is 2.13. The van der Waals surface area contributed by atoms with E-state index in [4.69, 9.17) is 4.74 Å². The molecule has 0 saturated heterocycles. The molecule has 0 unspecified atom stereocenters. The first kappa shape index (κ1) is 21.8. The van der Waals surface area contributed by atoms with E-state index < -0.39 is 0 Å². The smallest absolute Gasteiger partial charge is 0.250 e. The van der Waals surface area contributed by atoms with Gasteiger partial charge >= 0.3 is 0 Å². The number of hydrogen-bond acceptors (Lipinski definition) is 8. The zero-order chi connectivity index (χ0) is 20.5. The highest BCUT2D eigenvalue weighted by Crippen LogP contribution is 2.30. The van der Waals surface area contributed by atoms with Gasteiger partial charge in [-0.2, -0.15) is 5.10 Å². The summed E-state index contributed by atoms with van der Waals surface area (Å²) in [6.07, 6.45) is 1.58. The molecule has 1 N–H and O–H groups in total. The zero-order valence-corrected chi connectivity index (χ0v) is 19.4. The van der Waals surface area contributed by atoms with Crippen molar-refractivity contribution in [2.24, 2.45) is 5.10 Å². The molecule has 150 valence electrons. The highest BCUT2D eigenvalue weighted by Gasteiger charge is 2.08. The van der Waals surface area contributed by atoms with Crippen LogP contribution in [0.1, 0.15) is 11.1 Å². The molecule has 0 aliphatic carbocycles. The number of methoxy groups -OCH3 is 1. The summed E-state index contributed by atoms with van der Waals surface area (Å²) in [5, 5.41) is 12.3. The van der Waals surface area contributed by atoms with Crippen molar-refractivity contribution in [1.82, 2.24) is 15.6 Å². The summed E-state index contributed by atoms with van der Waals surface area (Å²) < 4.78 is 7.65. The topological polar surface area (TPSA) is 76.5 Å². The summed E-state index contributed by atoms with van der Waals surface area (Å²) in [5.41, 5.74) is 4.60. The number of ether oxygens (including phenoxy) is 1. The molecular weight excluding hydrogens is 492 g/mol. The van der Waals surface area contributed by atoms with Crippen LogP contribution in [0.5, 0.6) is 5.75 Å². The van der Waals surface area contributed by atoms with E-state index in [9.17, 15) is 4.79 Å². The van der Waals surface area contributed by atoms with E-state index in [-0.39, 0.29) is 11.7 Å². The molecule has 0 atom stereocenters. The molecule has 1 heterocycles. The average Bonchev–Trinajstić information content (AvgIpc) is 3.20. The van der Waals surface area contributed by atoms with Gasteiger partial charge in [0.1, 0.15) is 5.75 Å². The van der Waals surface area contributed by atoms with E-state index in [2.05, 4.69) is 48.8 Å². The van der Waals surface area contributed by atoms with E-state index in [1.807, 2.05) is 36.4 Å². The fourth-order valence-corrected chi connectivity index (χ4v) is 5.46. The number of halogens is 1. The fraction of sp³-hybridized carbons (Fsp3) is 0.158. The van der Waals surface area contributed by atoms with E-state index in [1.165, 1.54) is 28.7 Å². The lowest BCUT2D eigenvalue weighted by atomic mass is 10.2. The van der Waals surface area contributed by atoms with Crippen LogP contribution in [-0.2, 0) is 10.5 Å². The van der Waals surface area contributed by atoms with Crippen LogP contribution < -0.4 is 10.2 Å².